The van der Waals surface area contributed by atoms with Gasteiger partial charge in [-0.1, -0.05) is 34.5 Å². The summed E-state index contributed by atoms with van der Waals surface area (Å²) < 4.78 is 5.12. The zero-order valence-electron chi connectivity index (χ0n) is 11.4. The van der Waals surface area contributed by atoms with Gasteiger partial charge in [0.2, 0.25) is 10.3 Å². The van der Waals surface area contributed by atoms with Gasteiger partial charge in [-0.3, -0.25) is 10.1 Å². The monoisotopic (exact) mass is 366 g/mol. The lowest BCUT2D eigenvalue weighted by molar-refractivity contribution is 0.102. The van der Waals surface area contributed by atoms with Gasteiger partial charge in [0.05, 0.1) is 12.5 Å². The molecule has 0 atom stereocenters. The van der Waals surface area contributed by atoms with Gasteiger partial charge < -0.3 is 4.42 Å². The Morgan fingerprint density at radius 2 is 2.04 bits per heavy atom. The number of carbonyl (C=O) groups is 1. The lowest BCUT2D eigenvalue weighted by Gasteiger charge is -2.02. The Morgan fingerprint density at radius 1 is 1.26 bits per heavy atom. The molecule has 1 amide bonds. The Morgan fingerprint density at radius 3 is 2.74 bits per heavy atom. The number of anilines is 1. The quantitative estimate of drug-likeness (QED) is 0.692. The highest BCUT2D eigenvalue weighted by atomic mass is 35.5. The summed E-state index contributed by atoms with van der Waals surface area (Å²) in [5, 5.41) is 11.8. The van der Waals surface area contributed by atoms with Gasteiger partial charge in [-0.05, 0) is 30.3 Å². The minimum absolute atomic E-state index is 0.317. The number of benzene rings is 1. The van der Waals surface area contributed by atoms with Crippen LogP contribution in [0.15, 0.2) is 46.0 Å². The number of halogens is 2. The fourth-order valence-corrected chi connectivity index (χ4v) is 2.77. The van der Waals surface area contributed by atoms with Crippen LogP contribution in [-0.2, 0) is 0 Å². The second kappa shape index (κ2) is 6.91. The molecule has 6 nitrogen and oxygen atoms in total. The predicted octanol–water partition coefficient (Wildman–Crippen LogP) is 4.44. The van der Waals surface area contributed by atoms with Crippen molar-refractivity contribution in [2.24, 2.45) is 4.99 Å². The van der Waals surface area contributed by atoms with Gasteiger partial charge in [0.25, 0.3) is 5.91 Å². The van der Waals surface area contributed by atoms with E-state index in [1.165, 1.54) is 18.3 Å². The zero-order chi connectivity index (χ0) is 16.2. The number of nitrogens with one attached hydrogen (secondary N) is 1. The maximum Gasteiger partial charge on any atom is 0.257 e. The van der Waals surface area contributed by atoms with Crippen molar-refractivity contribution in [1.29, 1.82) is 0 Å². The lowest BCUT2D eigenvalue weighted by Crippen LogP contribution is -2.11. The fourth-order valence-electron chi connectivity index (χ4n) is 1.66. The summed E-state index contributed by atoms with van der Waals surface area (Å²) in [6.07, 6.45) is 3.06. The van der Waals surface area contributed by atoms with E-state index in [1.54, 1.807) is 24.5 Å². The molecule has 3 rings (SSSR count). The molecule has 0 aliphatic heterocycles. The van der Waals surface area contributed by atoms with E-state index < -0.39 is 0 Å². The van der Waals surface area contributed by atoms with Crippen LogP contribution >= 0.6 is 34.5 Å². The molecule has 0 spiro atoms. The third-order valence-corrected chi connectivity index (χ3v) is 3.79. The zero-order valence-corrected chi connectivity index (χ0v) is 13.7. The number of aromatic nitrogens is 2. The summed E-state index contributed by atoms with van der Waals surface area (Å²) >= 11 is 12.9. The van der Waals surface area contributed by atoms with Crippen molar-refractivity contribution in [3.63, 3.8) is 0 Å². The molecule has 0 fully saturated rings. The standard InChI is InChI=1S/C14H8Cl2N4O2S/c15-9-4-8(5-10(16)6-9)12(21)18-14-20-19-13(23-14)17-7-11-2-1-3-22-11/h1-7H,(H,18,20,21). The number of hydrogen-bond acceptors (Lipinski definition) is 6. The van der Waals surface area contributed by atoms with Gasteiger partial charge in [-0.25, -0.2) is 4.99 Å². The summed E-state index contributed by atoms with van der Waals surface area (Å²) in [6, 6.07) is 8.09. The maximum absolute atomic E-state index is 12.1. The molecule has 0 radical (unpaired) electrons. The number of amides is 1. The first-order valence-corrected chi connectivity index (χ1v) is 7.86. The smallest absolute Gasteiger partial charge is 0.257 e. The van der Waals surface area contributed by atoms with Crippen molar-refractivity contribution in [2.45, 2.75) is 0 Å². The number of nitrogens with zero attached hydrogens (tertiary/aromatic N) is 3. The van der Waals surface area contributed by atoms with Crippen LogP contribution in [0.25, 0.3) is 0 Å². The van der Waals surface area contributed by atoms with Gasteiger partial charge in [0, 0.05) is 15.6 Å². The molecular weight excluding hydrogens is 359 g/mol. The first kappa shape index (κ1) is 15.7. The van der Waals surface area contributed by atoms with E-state index in [4.69, 9.17) is 27.6 Å². The normalized spacial score (nSPS) is 11.0. The number of rotatable bonds is 4. The molecule has 2 heterocycles. The van der Waals surface area contributed by atoms with Crippen LogP contribution in [0.2, 0.25) is 10.0 Å². The van der Waals surface area contributed by atoms with Gasteiger partial charge >= 0.3 is 0 Å². The van der Waals surface area contributed by atoms with Gasteiger partial charge in [-0.15, -0.1) is 10.2 Å². The Balaban J connectivity index is 1.70. The second-order valence-electron chi connectivity index (χ2n) is 4.28. The highest BCUT2D eigenvalue weighted by Crippen LogP contribution is 2.24. The lowest BCUT2D eigenvalue weighted by atomic mass is 10.2. The summed E-state index contributed by atoms with van der Waals surface area (Å²) in [5.74, 6) is 0.214. The van der Waals surface area contributed by atoms with Crippen molar-refractivity contribution in [3.05, 3.63) is 58.0 Å². The first-order valence-electron chi connectivity index (χ1n) is 6.29. The third-order valence-electron chi connectivity index (χ3n) is 2.60. The van der Waals surface area contributed by atoms with Crippen LogP contribution in [0.3, 0.4) is 0 Å². The Bertz CT molecular complexity index is 841. The molecule has 1 aromatic carbocycles. The molecule has 0 unspecified atom stereocenters. The summed E-state index contributed by atoms with van der Waals surface area (Å²) in [4.78, 5) is 16.2. The Kier molecular flexibility index (Phi) is 4.71. The molecule has 0 saturated heterocycles. The third kappa shape index (κ3) is 4.16. The molecular formula is C14H8Cl2N4O2S. The average Bonchev–Trinajstić information content (AvgIpc) is 3.15. The molecule has 0 bridgehead atoms. The van der Waals surface area contributed by atoms with Gasteiger partial charge in [0.1, 0.15) is 5.76 Å². The molecule has 23 heavy (non-hydrogen) atoms. The van der Waals surface area contributed by atoms with Crippen molar-refractivity contribution in [1.82, 2.24) is 10.2 Å². The SMILES string of the molecule is O=C(Nc1nnc(N=Cc2ccco2)s1)c1cc(Cl)cc(Cl)c1. The van der Waals surface area contributed by atoms with Crippen LogP contribution < -0.4 is 5.32 Å². The highest BCUT2D eigenvalue weighted by molar-refractivity contribution is 7.18. The molecule has 2 aromatic heterocycles. The van der Waals surface area contributed by atoms with Crippen molar-refractivity contribution in [3.8, 4) is 0 Å². The van der Waals surface area contributed by atoms with Crippen LogP contribution in [0, 0.1) is 0 Å². The average molecular weight is 367 g/mol. The number of carbonyl (C=O) groups excluding carboxylic acids is 1. The van der Waals surface area contributed by atoms with Crippen LogP contribution in [0.1, 0.15) is 16.1 Å². The Labute approximate surface area is 144 Å². The largest absolute Gasteiger partial charge is 0.463 e. The maximum atomic E-state index is 12.1. The predicted molar refractivity (Wildman–Crippen MR) is 90.3 cm³/mol. The second-order valence-corrected chi connectivity index (χ2v) is 6.10. The van der Waals surface area contributed by atoms with E-state index in [0.717, 1.165) is 11.3 Å². The highest BCUT2D eigenvalue weighted by Gasteiger charge is 2.11. The molecule has 0 aliphatic rings. The van der Waals surface area contributed by atoms with E-state index >= 15 is 0 Å². The molecule has 0 saturated carbocycles. The van der Waals surface area contributed by atoms with Crippen LogP contribution in [-0.4, -0.2) is 22.3 Å². The van der Waals surface area contributed by atoms with Gasteiger partial charge in [0.15, 0.2) is 0 Å². The van der Waals surface area contributed by atoms with Gasteiger partial charge in [-0.2, -0.15) is 0 Å². The van der Waals surface area contributed by atoms with E-state index in [0.29, 0.717) is 31.6 Å². The molecule has 116 valence electrons. The Hall–Kier alpha value is -2.22. The first-order chi connectivity index (χ1) is 11.1. The van der Waals surface area contributed by atoms with E-state index in [-0.39, 0.29) is 5.91 Å². The molecule has 1 N–H and O–H groups in total. The summed E-state index contributed by atoms with van der Waals surface area (Å²) in [6.45, 7) is 0. The van der Waals surface area contributed by atoms with Crippen LogP contribution in [0.4, 0.5) is 10.3 Å². The fraction of sp³-hybridized carbons (Fsp3) is 0. The van der Waals surface area contributed by atoms with Crippen molar-refractivity contribution < 1.29 is 9.21 Å². The van der Waals surface area contributed by atoms with Crippen molar-refractivity contribution >= 4 is 56.9 Å². The van der Waals surface area contributed by atoms with E-state index in [2.05, 4.69) is 20.5 Å². The topological polar surface area (TPSA) is 80.4 Å². The molecule has 3 aromatic rings. The number of furan rings is 1. The summed E-state index contributed by atoms with van der Waals surface area (Å²) in [7, 11) is 0. The van der Waals surface area contributed by atoms with E-state index in [9.17, 15) is 4.79 Å². The molecule has 0 aliphatic carbocycles. The number of aliphatic imine (C=N–C) groups is 1. The van der Waals surface area contributed by atoms with Crippen molar-refractivity contribution in [2.75, 3.05) is 5.32 Å². The minimum atomic E-state index is -0.382. The number of hydrogen-bond donors (Lipinski definition) is 1. The minimum Gasteiger partial charge on any atom is -0.463 e. The summed E-state index contributed by atoms with van der Waals surface area (Å²) in [5.41, 5.74) is 0.332. The molecule has 9 heteroatoms. The van der Waals surface area contributed by atoms with Crippen LogP contribution in [0.5, 0.6) is 0 Å². The van der Waals surface area contributed by atoms with E-state index in [1.807, 2.05) is 0 Å².